The molecule has 0 aliphatic carbocycles. The molecule has 0 spiro atoms. The molecule has 0 bridgehead atoms. The van der Waals surface area contributed by atoms with E-state index < -0.39 is 0 Å². The third-order valence-corrected chi connectivity index (χ3v) is 5.09. The number of aryl methyl sites for hydroxylation is 1. The van der Waals surface area contributed by atoms with Crippen molar-refractivity contribution in [3.63, 3.8) is 0 Å². The zero-order chi connectivity index (χ0) is 19.2. The molecular weight excluding hydrogens is 336 g/mol. The Morgan fingerprint density at radius 2 is 1.81 bits per heavy atom. The Morgan fingerprint density at radius 3 is 2.48 bits per heavy atom. The van der Waals surface area contributed by atoms with E-state index in [2.05, 4.69) is 46.4 Å². The van der Waals surface area contributed by atoms with E-state index in [0.29, 0.717) is 5.70 Å². The molecule has 1 aliphatic heterocycles. The quantitative estimate of drug-likeness (QED) is 0.823. The molecule has 144 valence electrons. The highest BCUT2D eigenvalue weighted by molar-refractivity contribution is 5.66. The number of rotatable bonds is 6. The standard InChI is InChI=1S/C22H30N4O/c1-17-4-9-20(14-22(17)27-3)24-15-21(23)19-7-5-18(6-8-19)16-26-12-10-25(2)11-13-26/h4-9,14-15,24H,10-13,16,23H2,1-3H3/b21-15-. The second-order valence-electron chi connectivity index (χ2n) is 7.20. The molecule has 0 amide bonds. The number of ether oxygens (including phenoxy) is 1. The maximum absolute atomic E-state index is 6.24. The van der Waals surface area contributed by atoms with Crippen molar-refractivity contribution < 1.29 is 4.74 Å². The van der Waals surface area contributed by atoms with E-state index in [0.717, 1.165) is 55.3 Å². The van der Waals surface area contributed by atoms with Crippen molar-refractivity contribution in [2.75, 3.05) is 45.7 Å². The Kier molecular flexibility index (Phi) is 6.37. The highest BCUT2D eigenvalue weighted by atomic mass is 16.5. The minimum absolute atomic E-state index is 0.709. The van der Waals surface area contributed by atoms with E-state index in [1.54, 1.807) is 7.11 Å². The molecule has 3 N–H and O–H groups in total. The van der Waals surface area contributed by atoms with Crippen LogP contribution in [0.25, 0.3) is 5.70 Å². The van der Waals surface area contributed by atoms with Gasteiger partial charge in [0, 0.05) is 50.7 Å². The first-order chi connectivity index (χ1) is 13.0. The van der Waals surface area contributed by atoms with Crippen LogP contribution in [-0.4, -0.2) is 50.1 Å². The summed E-state index contributed by atoms with van der Waals surface area (Å²) in [6.45, 7) is 7.57. The molecule has 27 heavy (non-hydrogen) atoms. The van der Waals surface area contributed by atoms with Crippen LogP contribution in [0.15, 0.2) is 48.7 Å². The number of likely N-dealkylation sites (N-methyl/N-ethyl adjacent to an activating group) is 1. The van der Waals surface area contributed by atoms with Gasteiger partial charge >= 0.3 is 0 Å². The number of hydrogen-bond donors (Lipinski definition) is 2. The average Bonchev–Trinajstić information content (AvgIpc) is 2.69. The van der Waals surface area contributed by atoms with E-state index in [9.17, 15) is 0 Å². The molecule has 5 heteroatoms. The lowest BCUT2D eigenvalue weighted by Crippen LogP contribution is -2.43. The van der Waals surface area contributed by atoms with E-state index in [1.807, 2.05) is 31.3 Å². The molecule has 1 fully saturated rings. The molecule has 0 aromatic heterocycles. The molecule has 0 unspecified atom stereocenters. The molecule has 1 heterocycles. The lowest BCUT2D eigenvalue weighted by atomic mass is 10.1. The summed E-state index contributed by atoms with van der Waals surface area (Å²) in [6.07, 6.45) is 1.83. The van der Waals surface area contributed by atoms with Crippen LogP contribution in [0, 0.1) is 6.92 Å². The molecule has 1 aliphatic rings. The van der Waals surface area contributed by atoms with Crippen molar-refractivity contribution >= 4 is 11.4 Å². The van der Waals surface area contributed by atoms with Gasteiger partial charge in [-0.15, -0.1) is 0 Å². The van der Waals surface area contributed by atoms with Gasteiger partial charge in [0.05, 0.1) is 12.8 Å². The Hall–Kier alpha value is -2.50. The Bertz CT molecular complexity index is 777. The van der Waals surface area contributed by atoms with Crippen LogP contribution in [0.2, 0.25) is 0 Å². The molecular formula is C22H30N4O. The van der Waals surface area contributed by atoms with Crippen molar-refractivity contribution in [1.82, 2.24) is 9.80 Å². The lowest BCUT2D eigenvalue weighted by Gasteiger charge is -2.32. The summed E-state index contributed by atoms with van der Waals surface area (Å²) in [6, 6.07) is 14.5. The summed E-state index contributed by atoms with van der Waals surface area (Å²) in [5.41, 5.74) is 11.4. The molecule has 5 nitrogen and oxygen atoms in total. The van der Waals surface area contributed by atoms with Gasteiger partial charge in [0.15, 0.2) is 0 Å². The summed E-state index contributed by atoms with van der Waals surface area (Å²) >= 11 is 0. The fourth-order valence-electron chi connectivity index (χ4n) is 3.22. The molecule has 3 rings (SSSR count). The lowest BCUT2D eigenvalue weighted by molar-refractivity contribution is 0.148. The van der Waals surface area contributed by atoms with E-state index in [1.165, 1.54) is 5.56 Å². The number of nitrogens with zero attached hydrogens (tertiary/aromatic N) is 2. The van der Waals surface area contributed by atoms with Gasteiger partial charge in [0.2, 0.25) is 0 Å². The van der Waals surface area contributed by atoms with Gasteiger partial charge in [0.1, 0.15) is 5.75 Å². The summed E-state index contributed by atoms with van der Waals surface area (Å²) in [5, 5.41) is 3.25. The number of hydrogen-bond acceptors (Lipinski definition) is 5. The van der Waals surface area contributed by atoms with Crippen molar-refractivity contribution in [2.24, 2.45) is 5.73 Å². The Labute approximate surface area is 162 Å². The van der Waals surface area contributed by atoms with E-state index in [4.69, 9.17) is 10.5 Å². The van der Waals surface area contributed by atoms with Gasteiger partial charge in [-0.2, -0.15) is 0 Å². The normalized spacial score (nSPS) is 16.3. The predicted molar refractivity (Wildman–Crippen MR) is 113 cm³/mol. The highest BCUT2D eigenvalue weighted by Crippen LogP contribution is 2.22. The van der Waals surface area contributed by atoms with Gasteiger partial charge in [0.25, 0.3) is 0 Å². The van der Waals surface area contributed by atoms with Crippen molar-refractivity contribution in [1.29, 1.82) is 0 Å². The second kappa shape index (κ2) is 8.93. The number of methoxy groups -OCH3 is 1. The molecule has 0 saturated carbocycles. The first-order valence-electron chi connectivity index (χ1n) is 9.42. The first-order valence-corrected chi connectivity index (χ1v) is 9.42. The van der Waals surface area contributed by atoms with E-state index >= 15 is 0 Å². The van der Waals surface area contributed by atoms with Crippen molar-refractivity contribution in [2.45, 2.75) is 13.5 Å². The zero-order valence-corrected chi connectivity index (χ0v) is 16.5. The van der Waals surface area contributed by atoms with Crippen molar-refractivity contribution in [3.05, 3.63) is 65.4 Å². The molecule has 1 saturated heterocycles. The molecule has 2 aromatic rings. The number of nitrogens with one attached hydrogen (secondary N) is 1. The smallest absolute Gasteiger partial charge is 0.123 e. The van der Waals surface area contributed by atoms with Gasteiger partial charge in [-0.3, -0.25) is 4.90 Å². The van der Waals surface area contributed by atoms with Crippen LogP contribution in [0.5, 0.6) is 5.75 Å². The predicted octanol–water partition coefficient (Wildman–Crippen LogP) is 3.12. The van der Waals surface area contributed by atoms with Crippen LogP contribution in [-0.2, 0) is 6.54 Å². The van der Waals surface area contributed by atoms with Gasteiger partial charge in [-0.1, -0.05) is 30.3 Å². The average molecular weight is 367 g/mol. The highest BCUT2D eigenvalue weighted by Gasteiger charge is 2.13. The van der Waals surface area contributed by atoms with Crippen LogP contribution in [0.1, 0.15) is 16.7 Å². The van der Waals surface area contributed by atoms with Gasteiger partial charge < -0.3 is 20.7 Å². The topological polar surface area (TPSA) is 53.8 Å². The Balaban J connectivity index is 1.59. The third-order valence-electron chi connectivity index (χ3n) is 5.09. The third kappa shape index (κ3) is 5.25. The van der Waals surface area contributed by atoms with Gasteiger partial charge in [-0.05, 0) is 36.7 Å². The number of piperazine rings is 1. The first kappa shape index (κ1) is 19.3. The fourth-order valence-corrected chi connectivity index (χ4v) is 3.22. The van der Waals surface area contributed by atoms with Crippen LogP contribution in [0.4, 0.5) is 5.69 Å². The maximum Gasteiger partial charge on any atom is 0.123 e. The number of nitrogens with two attached hydrogens (primary N) is 1. The molecule has 2 aromatic carbocycles. The van der Waals surface area contributed by atoms with Crippen LogP contribution in [0.3, 0.4) is 0 Å². The Morgan fingerprint density at radius 1 is 1.11 bits per heavy atom. The molecule has 0 radical (unpaired) electrons. The van der Waals surface area contributed by atoms with E-state index in [-0.39, 0.29) is 0 Å². The SMILES string of the molecule is COc1cc(N/C=C(\N)c2ccc(CN3CCN(C)CC3)cc2)ccc1C. The number of anilines is 1. The molecule has 0 atom stereocenters. The largest absolute Gasteiger partial charge is 0.496 e. The van der Waals surface area contributed by atoms with Gasteiger partial charge in [-0.25, -0.2) is 0 Å². The van der Waals surface area contributed by atoms with Crippen LogP contribution < -0.4 is 15.8 Å². The fraction of sp³-hybridized carbons (Fsp3) is 0.364. The van der Waals surface area contributed by atoms with Crippen molar-refractivity contribution in [3.8, 4) is 5.75 Å². The second-order valence-corrected chi connectivity index (χ2v) is 7.20. The summed E-state index contributed by atoms with van der Waals surface area (Å²) in [7, 11) is 3.86. The number of benzene rings is 2. The minimum Gasteiger partial charge on any atom is -0.496 e. The summed E-state index contributed by atoms with van der Waals surface area (Å²) in [4.78, 5) is 4.88. The monoisotopic (exact) mass is 366 g/mol. The summed E-state index contributed by atoms with van der Waals surface area (Å²) in [5.74, 6) is 0.861. The zero-order valence-electron chi connectivity index (χ0n) is 16.5. The van der Waals surface area contributed by atoms with Crippen LogP contribution >= 0.6 is 0 Å². The minimum atomic E-state index is 0.709. The maximum atomic E-state index is 6.24. The summed E-state index contributed by atoms with van der Waals surface area (Å²) < 4.78 is 5.36.